The maximum atomic E-state index is 5.82. The van der Waals surface area contributed by atoms with Crippen LogP contribution in [0.2, 0.25) is 0 Å². The Kier molecular flexibility index (Phi) is 4.86. The zero-order chi connectivity index (χ0) is 12.1. The minimum atomic E-state index is 0.734. The van der Waals surface area contributed by atoms with E-state index in [2.05, 4.69) is 40.3 Å². The van der Waals surface area contributed by atoms with E-state index in [9.17, 15) is 0 Å². The summed E-state index contributed by atoms with van der Waals surface area (Å²) < 4.78 is 6.94. The number of unbranched alkanes of at least 4 members (excludes halogenated alkanes) is 1. The summed E-state index contributed by atoms with van der Waals surface area (Å²) in [5.41, 5.74) is 1.25. The maximum Gasteiger partial charge on any atom is 0.123 e. The van der Waals surface area contributed by atoms with Crippen molar-refractivity contribution in [2.45, 2.75) is 45.2 Å². The second kappa shape index (κ2) is 6.41. The van der Waals surface area contributed by atoms with Crippen molar-refractivity contribution in [3.8, 4) is 5.75 Å². The molecule has 0 heterocycles. The molecular formula is C14H20BrNO. The predicted molar refractivity (Wildman–Crippen MR) is 74.4 cm³/mol. The first-order valence-electron chi connectivity index (χ1n) is 6.44. The molecule has 0 bridgehead atoms. The molecule has 1 aromatic carbocycles. The fraction of sp³-hybridized carbons (Fsp3) is 0.571. The fourth-order valence-electron chi connectivity index (χ4n) is 1.70. The van der Waals surface area contributed by atoms with Crippen molar-refractivity contribution in [1.82, 2.24) is 5.32 Å². The number of rotatable bonds is 7. The van der Waals surface area contributed by atoms with Gasteiger partial charge in [-0.2, -0.15) is 0 Å². The van der Waals surface area contributed by atoms with E-state index in [-0.39, 0.29) is 0 Å². The molecule has 1 aliphatic rings. The van der Waals surface area contributed by atoms with Crippen LogP contribution >= 0.6 is 15.9 Å². The van der Waals surface area contributed by atoms with E-state index >= 15 is 0 Å². The minimum Gasteiger partial charge on any atom is -0.493 e. The van der Waals surface area contributed by atoms with Crippen LogP contribution in [0.4, 0.5) is 0 Å². The monoisotopic (exact) mass is 297 g/mol. The third kappa shape index (κ3) is 4.32. The van der Waals surface area contributed by atoms with Gasteiger partial charge in [-0.25, -0.2) is 0 Å². The van der Waals surface area contributed by atoms with Gasteiger partial charge in [0, 0.05) is 22.6 Å². The second-order valence-electron chi connectivity index (χ2n) is 4.61. The predicted octanol–water partition coefficient (Wildman–Crippen LogP) is 3.88. The molecule has 2 rings (SSSR count). The molecule has 1 N–H and O–H groups in total. The standard InChI is InChI=1S/C14H20BrNO/c1-2-3-8-17-14-7-4-12(15)9-11(14)10-16-13-5-6-13/h4,7,9,13,16H,2-3,5-6,8,10H2,1H3. The lowest BCUT2D eigenvalue weighted by Gasteiger charge is -2.12. The lowest BCUT2D eigenvalue weighted by Crippen LogP contribution is -2.16. The van der Waals surface area contributed by atoms with Gasteiger partial charge >= 0.3 is 0 Å². The number of halogens is 1. The van der Waals surface area contributed by atoms with Crippen molar-refractivity contribution >= 4 is 15.9 Å². The maximum absolute atomic E-state index is 5.82. The van der Waals surface area contributed by atoms with Crippen molar-refractivity contribution in [2.75, 3.05) is 6.61 Å². The van der Waals surface area contributed by atoms with Crippen LogP contribution in [0, 0.1) is 0 Å². The smallest absolute Gasteiger partial charge is 0.123 e. The van der Waals surface area contributed by atoms with Crippen molar-refractivity contribution < 1.29 is 4.74 Å². The number of ether oxygens (including phenoxy) is 1. The van der Waals surface area contributed by atoms with E-state index in [0.29, 0.717) is 0 Å². The van der Waals surface area contributed by atoms with E-state index in [1.54, 1.807) is 0 Å². The van der Waals surface area contributed by atoms with Crippen molar-refractivity contribution in [1.29, 1.82) is 0 Å². The van der Waals surface area contributed by atoms with Crippen LogP contribution in [-0.4, -0.2) is 12.6 Å². The van der Waals surface area contributed by atoms with Crippen LogP contribution in [0.15, 0.2) is 22.7 Å². The van der Waals surface area contributed by atoms with Gasteiger partial charge in [0.2, 0.25) is 0 Å². The van der Waals surface area contributed by atoms with Gasteiger partial charge in [-0.3, -0.25) is 0 Å². The first-order valence-corrected chi connectivity index (χ1v) is 7.23. The molecule has 94 valence electrons. The summed E-state index contributed by atoms with van der Waals surface area (Å²) in [6.45, 7) is 3.90. The highest BCUT2D eigenvalue weighted by atomic mass is 79.9. The Bertz CT molecular complexity index is 363. The molecule has 0 atom stereocenters. The highest BCUT2D eigenvalue weighted by Crippen LogP contribution is 2.25. The molecule has 0 aliphatic heterocycles. The van der Waals surface area contributed by atoms with E-state index in [4.69, 9.17) is 4.74 Å². The highest BCUT2D eigenvalue weighted by Gasteiger charge is 2.20. The molecule has 0 amide bonds. The van der Waals surface area contributed by atoms with Gasteiger partial charge in [-0.05, 0) is 37.5 Å². The van der Waals surface area contributed by atoms with Gasteiger partial charge in [-0.1, -0.05) is 29.3 Å². The molecule has 0 unspecified atom stereocenters. The summed E-state index contributed by atoms with van der Waals surface area (Å²) in [6, 6.07) is 6.99. The summed E-state index contributed by atoms with van der Waals surface area (Å²) in [6.07, 6.45) is 4.93. The summed E-state index contributed by atoms with van der Waals surface area (Å²) in [7, 11) is 0. The number of hydrogen-bond donors (Lipinski definition) is 1. The molecule has 0 saturated heterocycles. The zero-order valence-corrected chi connectivity index (χ0v) is 11.9. The van der Waals surface area contributed by atoms with Crippen molar-refractivity contribution in [3.63, 3.8) is 0 Å². The summed E-state index contributed by atoms with van der Waals surface area (Å²) in [4.78, 5) is 0. The summed E-state index contributed by atoms with van der Waals surface area (Å²) in [5.74, 6) is 1.02. The first-order chi connectivity index (χ1) is 8.29. The number of benzene rings is 1. The van der Waals surface area contributed by atoms with Gasteiger partial charge in [0.15, 0.2) is 0 Å². The van der Waals surface area contributed by atoms with Crippen LogP contribution in [0.1, 0.15) is 38.2 Å². The average molecular weight is 298 g/mol. The van der Waals surface area contributed by atoms with Gasteiger partial charge in [0.1, 0.15) is 5.75 Å². The van der Waals surface area contributed by atoms with Gasteiger partial charge in [0.05, 0.1) is 6.61 Å². The Balaban J connectivity index is 1.95. The van der Waals surface area contributed by atoms with Crippen LogP contribution in [-0.2, 0) is 6.54 Å². The SMILES string of the molecule is CCCCOc1ccc(Br)cc1CNC1CC1. The lowest BCUT2D eigenvalue weighted by molar-refractivity contribution is 0.305. The zero-order valence-electron chi connectivity index (χ0n) is 10.3. The quantitative estimate of drug-likeness (QED) is 0.771. The second-order valence-corrected chi connectivity index (χ2v) is 5.52. The van der Waals surface area contributed by atoms with E-state index in [0.717, 1.165) is 35.8 Å². The molecule has 2 nitrogen and oxygen atoms in total. The number of hydrogen-bond acceptors (Lipinski definition) is 2. The van der Waals surface area contributed by atoms with Gasteiger partial charge in [0.25, 0.3) is 0 Å². The van der Waals surface area contributed by atoms with Crippen LogP contribution < -0.4 is 10.1 Å². The van der Waals surface area contributed by atoms with E-state index in [1.165, 1.54) is 24.8 Å². The summed E-state index contributed by atoms with van der Waals surface area (Å²) in [5, 5.41) is 3.53. The Labute approximate surface area is 112 Å². The Morgan fingerprint density at radius 1 is 1.41 bits per heavy atom. The van der Waals surface area contributed by atoms with Crippen molar-refractivity contribution in [3.05, 3.63) is 28.2 Å². The van der Waals surface area contributed by atoms with Gasteiger partial charge in [-0.15, -0.1) is 0 Å². The minimum absolute atomic E-state index is 0.734. The normalized spacial score (nSPS) is 14.9. The molecule has 1 aliphatic carbocycles. The Hall–Kier alpha value is -0.540. The molecule has 0 spiro atoms. The molecule has 1 aromatic rings. The molecule has 3 heteroatoms. The Morgan fingerprint density at radius 2 is 2.24 bits per heavy atom. The first kappa shape index (κ1) is 12.9. The molecular weight excluding hydrogens is 278 g/mol. The molecule has 1 saturated carbocycles. The Morgan fingerprint density at radius 3 is 2.94 bits per heavy atom. The van der Waals surface area contributed by atoms with Crippen LogP contribution in [0.3, 0.4) is 0 Å². The molecule has 0 aromatic heterocycles. The summed E-state index contributed by atoms with van der Waals surface area (Å²) >= 11 is 3.52. The largest absolute Gasteiger partial charge is 0.493 e. The van der Waals surface area contributed by atoms with E-state index < -0.39 is 0 Å². The van der Waals surface area contributed by atoms with Gasteiger partial charge < -0.3 is 10.1 Å². The topological polar surface area (TPSA) is 21.3 Å². The molecule has 17 heavy (non-hydrogen) atoms. The fourth-order valence-corrected chi connectivity index (χ4v) is 2.10. The molecule has 0 radical (unpaired) electrons. The van der Waals surface area contributed by atoms with Crippen molar-refractivity contribution in [2.24, 2.45) is 0 Å². The van der Waals surface area contributed by atoms with Crippen LogP contribution in [0.25, 0.3) is 0 Å². The molecule has 1 fully saturated rings. The lowest BCUT2D eigenvalue weighted by atomic mass is 10.2. The number of nitrogens with one attached hydrogen (secondary N) is 1. The van der Waals surface area contributed by atoms with Crippen LogP contribution in [0.5, 0.6) is 5.75 Å². The average Bonchev–Trinajstić information content (AvgIpc) is 3.13. The third-order valence-corrected chi connectivity index (χ3v) is 3.43. The third-order valence-electron chi connectivity index (χ3n) is 2.94. The van der Waals surface area contributed by atoms with E-state index in [1.807, 2.05) is 6.07 Å². The highest BCUT2D eigenvalue weighted by molar-refractivity contribution is 9.10.